The van der Waals surface area contributed by atoms with Crippen LogP contribution in [0.3, 0.4) is 0 Å². The molecule has 0 heterocycles. The number of hydrogen-bond acceptors (Lipinski definition) is 5. The molecule has 0 aliphatic carbocycles. The Labute approximate surface area is 105 Å². The molecule has 18 heavy (non-hydrogen) atoms. The number of hydrogen-bond donors (Lipinski definition) is 2. The average molecular weight is 252 g/mol. The molecule has 0 bridgehead atoms. The lowest BCUT2D eigenvalue weighted by Gasteiger charge is -2.11. The first-order chi connectivity index (χ1) is 8.60. The Bertz CT molecular complexity index is 446. The summed E-state index contributed by atoms with van der Waals surface area (Å²) in [5, 5.41) is 0. The van der Waals surface area contributed by atoms with Gasteiger partial charge in [0.05, 0.1) is 7.11 Å². The number of hydroxylamine groups is 1. The maximum atomic E-state index is 11.8. The lowest BCUT2D eigenvalue weighted by atomic mass is 10.1. The van der Waals surface area contributed by atoms with Gasteiger partial charge in [-0.05, 0) is 18.6 Å². The number of nitrogens with one attached hydrogen (secondary N) is 1. The van der Waals surface area contributed by atoms with Crippen LogP contribution >= 0.6 is 0 Å². The fourth-order valence-corrected chi connectivity index (χ4v) is 1.37. The Morgan fingerprint density at radius 1 is 1.39 bits per heavy atom. The topological polar surface area (TPSA) is 90.7 Å². The Kier molecular flexibility index (Phi) is 4.98. The van der Waals surface area contributed by atoms with E-state index in [1.54, 1.807) is 18.2 Å². The van der Waals surface area contributed by atoms with E-state index in [-0.39, 0.29) is 17.7 Å². The summed E-state index contributed by atoms with van der Waals surface area (Å²) in [6.45, 7) is 1.83. The molecule has 0 atom stereocenters. The third-order valence-electron chi connectivity index (χ3n) is 2.22. The summed E-state index contributed by atoms with van der Waals surface area (Å²) in [5.74, 6) is -0.798. The van der Waals surface area contributed by atoms with Crippen LogP contribution in [0.25, 0.3) is 0 Å². The summed E-state index contributed by atoms with van der Waals surface area (Å²) in [6, 6.07) is 4.82. The van der Waals surface area contributed by atoms with E-state index >= 15 is 0 Å². The molecule has 0 aliphatic heterocycles. The van der Waals surface area contributed by atoms with Crippen LogP contribution < -0.4 is 16.0 Å². The van der Waals surface area contributed by atoms with Gasteiger partial charge in [0.2, 0.25) is 0 Å². The first-order valence-corrected chi connectivity index (χ1v) is 5.52. The molecule has 0 unspecified atom stereocenters. The molecule has 0 saturated heterocycles. The Morgan fingerprint density at radius 2 is 2.11 bits per heavy atom. The standard InChI is InChI=1S/C12H16N2O4/c1-3-5-10(15)18-14-12(16)11-8(13)6-4-7-9(11)17-2/h4,6-7H,3,5,13H2,1-2H3,(H,14,16). The van der Waals surface area contributed by atoms with Gasteiger partial charge in [0.25, 0.3) is 5.91 Å². The van der Waals surface area contributed by atoms with Gasteiger partial charge in [-0.25, -0.2) is 4.79 Å². The van der Waals surface area contributed by atoms with Gasteiger partial charge in [-0.2, -0.15) is 5.48 Å². The quantitative estimate of drug-likeness (QED) is 0.622. The summed E-state index contributed by atoms with van der Waals surface area (Å²) in [4.78, 5) is 27.5. The molecule has 0 spiro atoms. The third-order valence-corrected chi connectivity index (χ3v) is 2.22. The first kappa shape index (κ1) is 13.8. The van der Waals surface area contributed by atoms with Crippen molar-refractivity contribution in [2.24, 2.45) is 0 Å². The number of amides is 1. The molecule has 6 heteroatoms. The molecule has 1 amide bonds. The minimum atomic E-state index is -0.616. The molecule has 6 nitrogen and oxygen atoms in total. The Balaban J connectivity index is 2.75. The van der Waals surface area contributed by atoms with Gasteiger partial charge < -0.3 is 15.3 Å². The molecule has 1 rings (SSSR count). The van der Waals surface area contributed by atoms with Crippen LogP contribution in [0.1, 0.15) is 30.1 Å². The molecule has 1 aromatic carbocycles. The molecule has 0 fully saturated rings. The van der Waals surface area contributed by atoms with E-state index in [1.165, 1.54) is 7.11 Å². The Hall–Kier alpha value is -2.24. The van der Waals surface area contributed by atoms with Crippen LogP contribution in [0, 0.1) is 0 Å². The zero-order chi connectivity index (χ0) is 13.5. The van der Waals surface area contributed by atoms with Gasteiger partial charge in [0.15, 0.2) is 0 Å². The van der Waals surface area contributed by atoms with Gasteiger partial charge in [-0.3, -0.25) is 4.79 Å². The molecule has 0 saturated carbocycles. The fourth-order valence-electron chi connectivity index (χ4n) is 1.37. The number of methoxy groups -OCH3 is 1. The highest BCUT2D eigenvalue weighted by atomic mass is 16.7. The van der Waals surface area contributed by atoms with Crippen LogP contribution in [0.2, 0.25) is 0 Å². The van der Waals surface area contributed by atoms with Gasteiger partial charge in [-0.15, -0.1) is 0 Å². The van der Waals surface area contributed by atoms with Crippen molar-refractivity contribution in [2.75, 3.05) is 12.8 Å². The lowest BCUT2D eigenvalue weighted by Crippen LogP contribution is -2.28. The second kappa shape index (κ2) is 6.48. The normalized spacial score (nSPS) is 9.67. The number of carbonyl (C=O) groups is 2. The zero-order valence-corrected chi connectivity index (χ0v) is 10.4. The van der Waals surface area contributed by atoms with E-state index < -0.39 is 11.9 Å². The second-order valence-corrected chi connectivity index (χ2v) is 3.58. The van der Waals surface area contributed by atoms with E-state index in [4.69, 9.17) is 10.5 Å². The molecular formula is C12H16N2O4. The number of benzene rings is 1. The van der Waals surface area contributed by atoms with Gasteiger partial charge in [-0.1, -0.05) is 13.0 Å². The van der Waals surface area contributed by atoms with Crippen LogP contribution in [0.4, 0.5) is 5.69 Å². The molecule has 3 N–H and O–H groups in total. The highest BCUT2D eigenvalue weighted by Gasteiger charge is 2.17. The predicted octanol–water partition coefficient (Wildman–Crippen LogP) is 1.27. The van der Waals surface area contributed by atoms with Crippen LogP contribution in [0.15, 0.2) is 18.2 Å². The van der Waals surface area contributed by atoms with Crippen LogP contribution in [0.5, 0.6) is 5.75 Å². The summed E-state index contributed by atoms with van der Waals surface area (Å²) in [5.41, 5.74) is 8.12. The van der Waals surface area contributed by atoms with E-state index in [9.17, 15) is 9.59 Å². The molecule has 0 aliphatic rings. The van der Waals surface area contributed by atoms with Gasteiger partial charge in [0.1, 0.15) is 11.3 Å². The van der Waals surface area contributed by atoms with Crippen molar-refractivity contribution in [3.63, 3.8) is 0 Å². The van der Waals surface area contributed by atoms with Gasteiger partial charge in [0, 0.05) is 12.1 Å². The van der Waals surface area contributed by atoms with Crippen molar-refractivity contribution in [1.29, 1.82) is 0 Å². The van der Waals surface area contributed by atoms with Crippen molar-refractivity contribution in [1.82, 2.24) is 5.48 Å². The summed E-state index contributed by atoms with van der Waals surface area (Å²) < 4.78 is 5.02. The number of rotatable bonds is 4. The monoisotopic (exact) mass is 252 g/mol. The second-order valence-electron chi connectivity index (χ2n) is 3.58. The minimum Gasteiger partial charge on any atom is -0.496 e. The van der Waals surface area contributed by atoms with Crippen molar-refractivity contribution in [3.8, 4) is 5.75 Å². The zero-order valence-electron chi connectivity index (χ0n) is 10.4. The van der Waals surface area contributed by atoms with E-state index in [0.29, 0.717) is 12.2 Å². The lowest BCUT2D eigenvalue weighted by molar-refractivity contribution is -0.149. The van der Waals surface area contributed by atoms with E-state index in [2.05, 4.69) is 10.3 Å². The third kappa shape index (κ3) is 3.38. The largest absolute Gasteiger partial charge is 0.496 e. The molecule has 98 valence electrons. The van der Waals surface area contributed by atoms with E-state index in [1.807, 2.05) is 6.92 Å². The summed E-state index contributed by atoms with van der Waals surface area (Å²) in [6.07, 6.45) is 0.882. The molecule has 1 aromatic rings. The molecule has 0 radical (unpaired) electrons. The average Bonchev–Trinajstić information content (AvgIpc) is 2.36. The SMILES string of the molecule is CCCC(=O)ONC(=O)c1c(N)cccc1OC. The minimum absolute atomic E-state index is 0.143. The smallest absolute Gasteiger partial charge is 0.332 e. The highest BCUT2D eigenvalue weighted by Crippen LogP contribution is 2.23. The summed E-state index contributed by atoms with van der Waals surface area (Å²) >= 11 is 0. The maximum Gasteiger partial charge on any atom is 0.332 e. The molecule has 0 aromatic heterocycles. The molecular weight excluding hydrogens is 236 g/mol. The van der Waals surface area contributed by atoms with Crippen molar-refractivity contribution >= 4 is 17.6 Å². The summed E-state index contributed by atoms with van der Waals surface area (Å²) in [7, 11) is 1.43. The van der Waals surface area contributed by atoms with Crippen molar-refractivity contribution < 1.29 is 19.2 Å². The van der Waals surface area contributed by atoms with E-state index in [0.717, 1.165) is 0 Å². The number of nitrogens with two attached hydrogens (primary N) is 1. The number of nitrogen functional groups attached to an aromatic ring is 1. The number of ether oxygens (including phenoxy) is 1. The first-order valence-electron chi connectivity index (χ1n) is 5.52. The van der Waals surface area contributed by atoms with Gasteiger partial charge >= 0.3 is 5.97 Å². The number of carbonyl (C=O) groups excluding carboxylic acids is 2. The van der Waals surface area contributed by atoms with Crippen molar-refractivity contribution in [3.05, 3.63) is 23.8 Å². The van der Waals surface area contributed by atoms with Crippen molar-refractivity contribution in [2.45, 2.75) is 19.8 Å². The predicted molar refractivity (Wildman–Crippen MR) is 65.9 cm³/mol. The highest BCUT2D eigenvalue weighted by molar-refractivity contribution is 6.01. The Morgan fingerprint density at radius 3 is 2.72 bits per heavy atom. The fraction of sp³-hybridized carbons (Fsp3) is 0.333. The van der Waals surface area contributed by atoms with Crippen LogP contribution in [-0.2, 0) is 9.63 Å². The maximum absolute atomic E-state index is 11.8. The van der Waals surface area contributed by atoms with Crippen LogP contribution in [-0.4, -0.2) is 19.0 Å². The number of anilines is 1.